The van der Waals surface area contributed by atoms with Crippen molar-refractivity contribution in [3.8, 4) is 0 Å². The summed E-state index contributed by atoms with van der Waals surface area (Å²) in [6, 6.07) is 15.8. The third kappa shape index (κ3) is 7.56. The number of nitrogens with one attached hydrogen (secondary N) is 1. The summed E-state index contributed by atoms with van der Waals surface area (Å²) in [7, 11) is -4.83. The molecule has 2 heterocycles. The Bertz CT molecular complexity index is 1370. The summed E-state index contributed by atoms with van der Waals surface area (Å²) in [5, 5.41) is 0.0277. The van der Waals surface area contributed by atoms with Crippen molar-refractivity contribution in [3.05, 3.63) is 71.8 Å². The zero-order valence-electron chi connectivity index (χ0n) is 25.3. The lowest BCUT2D eigenvalue weighted by molar-refractivity contribution is -0.166. The van der Waals surface area contributed by atoms with Gasteiger partial charge in [-0.1, -0.05) is 81.4 Å². The van der Waals surface area contributed by atoms with Gasteiger partial charge in [0.2, 0.25) is 5.91 Å². The van der Waals surface area contributed by atoms with Gasteiger partial charge in [-0.15, -0.1) is 23.5 Å². The van der Waals surface area contributed by atoms with Crippen molar-refractivity contribution in [2.24, 2.45) is 0 Å². The zero-order valence-corrected chi connectivity index (χ0v) is 27.8. The van der Waals surface area contributed by atoms with Gasteiger partial charge in [0.1, 0.15) is 18.0 Å². The molecule has 0 aromatic heterocycles. The highest BCUT2D eigenvalue weighted by Crippen LogP contribution is 2.58. The van der Waals surface area contributed by atoms with Crippen LogP contribution in [0.25, 0.3) is 0 Å². The van der Waals surface area contributed by atoms with E-state index in [1.54, 1.807) is 24.5 Å². The molecule has 0 radical (unpaired) electrons. The predicted octanol–water partition coefficient (Wildman–Crippen LogP) is 3.94. The van der Waals surface area contributed by atoms with E-state index in [0.717, 1.165) is 17.3 Å². The fraction of sp³-hybridized carbons (Fsp3) is 0.500. The lowest BCUT2D eigenvalue weighted by Gasteiger charge is -2.52. The number of fused-ring (bicyclic) bond motifs is 1. The number of rotatable bonds is 11. The van der Waals surface area contributed by atoms with Crippen LogP contribution in [0, 0.1) is 0 Å². The van der Waals surface area contributed by atoms with Crippen molar-refractivity contribution in [2.75, 3.05) is 25.9 Å². The van der Waals surface area contributed by atoms with Crippen LogP contribution < -0.4 is 5.32 Å². The van der Waals surface area contributed by atoms with Gasteiger partial charge in [-0.25, -0.2) is 4.79 Å². The molecular formula is C30H41N3O7S3. The summed E-state index contributed by atoms with van der Waals surface area (Å²) >= 11 is 2.37. The van der Waals surface area contributed by atoms with Gasteiger partial charge in [-0.3, -0.25) is 14.1 Å². The van der Waals surface area contributed by atoms with E-state index in [0.29, 0.717) is 0 Å². The Morgan fingerprint density at radius 1 is 1.05 bits per heavy atom. The number of carbonyl (C=O) groups excluding carboxylic acids is 3. The van der Waals surface area contributed by atoms with Crippen LogP contribution in [-0.2, 0) is 35.8 Å². The Hall–Kier alpha value is -2.58. The van der Waals surface area contributed by atoms with Crippen molar-refractivity contribution in [1.29, 1.82) is 0 Å². The molecule has 0 aliphatic carbocycles. The summed E-state index contributed by atoms with van der Waals surface area (Å²) in [6.45, 7) is 13.8. The van der Waals surface area contributed by atoms with E-state index < -0.39 is 54.2 Å². The first kappa shape index (κ1) is 34.9. The first-order chi connectivity index (χ1) is 20.3. The summed E-state index contributed by atoms with van der Waals surface area (Å²) in [4.78, 5) is 42.0. The third-order valence-electron chi connectivity index (χ3n) is 7.56. The van der Waals surface area contributed by atoms with Crippen LogP contribution in [-0.4, -0.2) is 87.5 Å². The van der Waals surface area contributed by atoms with Gasteiger partial charge in [0, 0.05) is 4.75 Å². The molecule has 2 fully saturated rings. The highest BCUT2D eigenvalue weighted by molar-refractivity contribution is 8.05. The number of thioether (sulfide) groups is 2. The van der Waals surface area contributed by atoms with Gasteiger partial charge < -0.3 is 19.9 Å². The van der Waals surface area contributed by atoms with E-state index in [-0.39, 0.29) is 12.2 Å². The molecule has 2 aromatic carbocycles. The maximum Gasteiger partial charge on any atom is 0.330 e. The Balaban J connectivity index is 0.000000646. The lowest BCUT2D eigenvalue weighted by Crippen LogP contribution is -2.78. The Morgan fingerprint density at radius 3 is 2.05 bits per heavy atom. The summed E-state index contributed by atoms with van der Waals surface area (Å²) in [5.41, 5.74) is 0.878. The van der Waals surface area contributed by atoms with Crippen LogP contribution in [0.3, 0.4) is 0 Å². The first-order valence-corrected chi connectivity index (χ1v) is 17.7. The van der Waals surface area contributed by atoms with Crippen molar-refractivity contribution in [1.82, 2.24) is 15.1 Å². The molecule has 2 aromatic rings. The average molecular weight is 652 g/mol. The SMILES string of the molecule is CCN(CC)CC.CS[C@@]1(NC(=O)C(c2ccccc2)S(=O)(=O)O)C(=O)N2[C@@H](C(=O)OCc3ccccc3)C(C)(C)S[C@@H]21. The zero-order chi connectivity index (χ0) is 32.0. The van der Waals surface area contributed by atoms with Gasteiger partial charge in [0.05, 0.1) is 0 Å². The summed E-state index contributed by atoms with van der Waals surface area (Å²) in [5.74, 6) is -2.12. The van der Waals surface area contributed by atoms with Crippen LogP contribution >= 0.6 is 23.5 Å². The molecule has 0 spiro atoms. The number of esters is 1. The fourth-order valence-electron chi connectivity index (χ4n) is 5.18. The van der Waals surface area contributed by atoms with Crippen molar-refractivity contribution in [2.45, 2.75) is 67.5 Å². The Labute approximate surface area is 263 Å². The highest BCUT2D eigenvalue weighted by Gasteiger charge is 2.72. The molecule has 2 amide bonds. The van der Waals surface area contributed by atoms with Crippen LogP contribution in [0.4, 0.5) is 0 Å². The van der Waals surface area contributed by atoms with Crippen LogP contribution in [0.1, 0.15) is 51.0 Å². The van der Waals surface area contributed by atoms with Crippen molar-refractivity contribution < 1.29 is 32.1 Å². The normalized spacial score (nSPS) is 23.0. The maximum atomic E-state index is 13.5. The number of nitrogens with zero attached hydrogens (tertiary/aromatic N) is 2. The number of hydrogen-bond acceptors (Lipinski definition) is 9. The van der Waals surface area contributed by atoms with Gasteiger partial charge in [0.25, 0.3) is 16.0 Å². The number of amides is 2. The van der Waals surface area contributed by atoms with E-state index in [2.05, 4.69) is 31.0 Å². The van der Waals surface area contributed by atoms with Gasteiger partial charge >= 0.3 is 5.97 Å². The molecule has 10 nitrogen and oxygen atoms in total. The lowest BCUT2D eigenvalue weighted by atomic mass is 9.95. The van der Waals surface area contributed by atoms with Gasteiger partial charge in [-0.2, -0.15) is 8.42 Å². The van der Waals surface area contributed by atoms with Crippen LogP contribution in [0.5, 0.6) is 0 Å². The van der Waals surface area contributed by atoms with E-state index in [1.807, 2.05) is 44.2 Å². The molecule has 43 heavy (non-hydrogen) atoms. The molecule has 236 valence electrons. The second-order valence-corrected chi connectivity index (χ2v) is 14.9. The molecule has 4 rings (SSSR count). The Morgan fingerprint density at radius 2 is 1.58 bits per heavy atom. The van der Waals surface area contributed by atoms with Crippen molar-refractivity contribution in [3.63, 3.8) is 0 Å². The minimum Gasteiger partial charge on any atom is -0.459 e. The first-order valence-electron chi connectivity index (χ1n) is 14.1. The number of hydrogen-bond donors (Lipinski definition) is 2. The van der Waals surface area contributed by atoms with E-state index >= 15 is 0 Å². The smallest absolute Gasteiger partial charge is 0.330 e. The molecule has 0 saturated carbocycles. The predicted molar refractivity (Wildman–Crippen MR) is 171 cm³/mol. The molecule has 2 saturated heterocycles. The van der Waals surface area contributed by atoms with Gasteiger partial charge in [-0.05, 0) is 50.9 Å². The largest absolute Gasteiger partial charge is 0.459 e. The standard InChI is InChI=1S/C24H26N2O7S3.C6H15N/c1-23(2)18(20(28)33-14-15-10-6-4-7-11-15)26-21(29)24(34-3,22(26)35-23)25-19(27)17(36(30,31)32)16-12-8-5-9-13-16;1-4-7(5-2)6-3/h4-13,17-18,22H,14H2,1-3H3,(H,25,27)(H,30,31,32);4-6H2,1-3H3/t17?,18-,22+,24-;/m0./s1. The molecular weight excluding hydrogens is 611 g/mol. The highest BCUT2D eigenvalue weighted by atomic mass is 32.2. The van der Waals surface area contributed by atoms with Crippen LogP contribution in [0.15, 0.2) is 60.7 Å². The second-order valence-electron chi connectivity index (χ2n) is 10.6. The van der Waals surface area contributed by atoms with Crippen molar-refractivity contribution >= 4 is 51.4 Å². The van der Waals surface area contributed by atoms with E-state index in [9.17, 15) is 27.4 Å². The minimum atomic E-state index is -4.83. The molecule has 13 heteroatoms. The summed E-state index contributed by atoms with van der Waals surface area (Å²) < 4.78 is 38.8. The monoisotopic (exact) mass is 651 g/mol. The second kappa shape index (κ2) is 14.5. The van der Waals surface area contributed by atoms with Crippen LogP contribution in [0.2, 0.25) is 0 Å². The van der Waals surface area contributed by atoms with E-state index in [4.69, 9.17) is 4.74 Å². The number of β-lactam (4-membered cyclic amide) rings is 1. The maximum absolute atomic E-state index is 13.5. The molecule has 4 atom stereocenters. The number of carbonyl (C=O) groups is 3. The Kier molecular flexibility index (Phi) is 11.7. The summed E-state index contributed by atoms with van der Waals surface area (Å²) in [6.07, 6.45) is 1.62. The molecule has 2 aliphatic rings. The topological polar surface area (TPSA) is 133 Å². The number of ether oxygens (including phenoxy) is 1. The molecule has 2 N–H and O–H groups in total. The third-order valence-corrected chi connectivity index (χ3v) is 11.6. The molecule has 1 unspecified atom stereocenters. The molecule has 0 bridgehead atoms. The minimum absolute atomic E-state index is 0.0567. The fourth-order valence-corrected chi connectivity index (χ4v) is 8.81. The number of benzene rings is 2. The van der Waals surface area contributed by atoms with Gasteiger partial charge in [0.15, 0.2) is 10.1 Å². The quantitative estimate of drug-likeness (QED) is 0.159. The van der Waals surface area contributed by atoms with E-state index in [1.165, 1.54) is 48.4 Å². The molecule has 2 aliphatic heterocycles. The average Bonchev–Trinajstić information content (AvgIpc) is 3.25.